The highest BCUT2D eigenvalue weighted by Gasteiger charge is 2.21. The van der Waals surface area contributed by atoms with Gasteiger partial charge in [-0.2, -0.15) is 0 Å². The van der Waals surface area contributed by atoms with Gasteiger partial charge in [-0.1, -0.05) is 63.4 Å². The molecule has 1 aromatic rings. The van der Waals surface area contributed by atoms with Crippen molar-refractivity contribution in [1.29, 1.82) is 0 Å². The molecule has 130 valence electrons. The maximum Gasteiger partial charge on any atom is 0.220 e. The van der Waals surface area contributed by atoms with Gasteiger partial charge in [0.1, 0.15) is 0 Å². The Hall–Kier alpha value is -1.39. The van der Waals surface area contributed by atoms with Crippen LogP contribution in [0, 0.1) is 0 Å². The van der Waals surface area contributed by atoms with E-state index in [2.05, 4.69) is 12.2 Å². The van der Waals surface area contributed by atoms with Crippen LogP contribution >= 0.6 is 0 Å². The Labute approximate surface area is 140 Å². The lowest BCUT2D eigenvalue weighted by molar-refractivity contribution is -0.124. The topological polar surface area (TPSA) is 58.6 Å². The number of amides is 1. The van der Waals surface area contributed by atoms with E-state index in [1.807, 2.05) is 37.3 Å². The van der Waals surface area contributed by atoms with E-state index in [1.165, 1.54) is 0 Å². The zero-order chi connectivity index (χ0) is 16.9. The van der Waals surface area contributed by atoms with Crippen LogP contribution in [-0.2, 0) is 16.1 Å². The van der Waals surface area contributed by atoms with Crippen LogP contribution in [0.15, 0.2) is 30.3 Å². The normalized spacial score (nSPS) is 13.5. The number of ether oxygens (including phenoxy) is 1. The lowest BCUT2D eigenvalue weighted by Crippen LogP contribution is -2.46. The van der Waals surface area contributed by atoms with Gasteiger partial charge in [0.05, 0.1) is 25.4 Å². The van der Waals surface area contributed by atoms with Gasteiger partial charge >= 0.3 is 0 Å². The number of nitrogens with one attached hydrogen (secondary N) is 1. The summed E-state index contributed by atoms with van der Waals surface area (Å²) < 4.78 is 5.90. The third-order valence-corrected chi connectivity index (χ3v) is 3.96. The third kappa shape index (κ3) is 8.14. The van der Waals surface area contributed by atoms with Crippen molar-refractivity contribution in [3.8, 4) is 0 Å². The molecule has 0 bridgehead atoms. The van der Waals surface area contributed by atoms with Crippen LogP contribution in [0.4, 0.5) is 0 Å². The number of benzene rings is 1. The third-order valence-electron chi connectivity index (χ3n) is 3.96. The summed E-state index contributed by atoms with van der Waals surface area (Å²) in [5, 5.41) is 12.5. The van der Waals surface area contributed by atoms with Gasteiger partial charge in [-0.3, -0.25) is 4.79 Å². The van der Waals surface area contributed by atoms with Crippen molar-refractivity contribution < 1.29 is 14.6 Å². The Kier molecular flexibility index (Phi) is 10.3. The van der Waals surface area contributed by atoms with Gasteiger partial charge in [0.25, 0.3) is 0 Å². The number of carbonyl (C=O) groups is 1. The summed E-state index contributed by atoms with van der Waals surface area (Å²) in [4.78, 5) is 12.0. The molecular formula is C19H31NO3. The van der Waals surface area contributed by atoms with Crippen molar-refractivity contribution >= 4 is 5.91 Å². The summed E-state index contributed by atoms with van der Waals surface area (Å²) >= 11 is 0. The summed E-state index contributed by atoms with van der Waals surface area (Å²) in [7, 11) is 0. The minimum Gasteiger partial charge on any atom is -0.394 e. The summed E-state index contributed by atoms with van der Waals surface area (Å²) in [5.41, 5.74) is 1.09. The Morgan fingerprint density at radius 1 is 1.17 bits per heavy atom. The van der Waals surface area contributed by atoms with Crippen LogP contribution in [-0.4, -0.2) is 29.8 Å². The van der Waals surface area contributed by atoms with Gasteiger partial charge in [-0.15, -0.1) is 0 Å². The van der Waals surface area contributed by atoms with E-state index in [4.69, 9.17) is 4.74 Å². The molecule has 23 heavy (non-hydrogen) atoms. The number of unbranched alkanes of at least 4 members (excludes halogenated alkanes) is 3. The second-order valence-electron chi connectivity index (χ2n) is 5.91. The lowest BCUT2D eigenvalue weighted by Gasteiger charge is -2.26. The molecule has 0 saturated heterocycles. The molecular weight excluding hydrogens is 290 g/mol. The fraction of sp³-hybridized carbons (Fsp3) is 0.632. The number of hydrogen-bond acceptors (Lipinski definition) is 3. The molecule has 4 heteroatoms. The van der Waals surface area contributed by atoms with Crippen molar-refractivity contribution in [2.24, 2.45) is 0 Å². The number of aliphatic hydroxyl groups excluding tert-OH is 1. The van der Waals surface area contributed by atoms with Crippen molar-refractivity contribution in [3.63, 3.8) is 0 Å². The first-order valence-corrected chi connectivity index (χ1v) is 8.77. The largest absolute Gasteiger partial charge is 0.394 e. The molecule has 0 radical (unpaired) electrons. The van der Waals surface area contributed by atoms with E-state index in [9.17, 15) is 9.90 Å². The number of hydrogen-bond donors (Lipinski definition) is 2. The van der Waals surface area contributed by atoms with Gasteiger partial charge in [0.15, 0.2) is 0 Å². The van der Waals surface area contributed by atoms with Gasteiger partial charge < -0.3 is 15.2 Å². The highest BCUT2D eigenvalue weighted by atomic mass is 16.5. The Balaban J connectivity index is 2.41. The fourth-order valence-corrected chi connectivity index (χ4v) is 2.54. The zero-order valence-corrected chi connectivity index (χ0v) is 14.5. The van der Waals surface area contributed by atoms with E-state index >= 15 is 0 Å². The maximum atomic E-state index is 12.0. The van der Waals surface area contributed by atoms with Crippen LogP contribution in [0.1, 0.15) is 57.9 Å². The van der Waals surface area contributed by atoms with E-state index in [0.29, 0.717) is 13.0 Å². The number of aliphatic hydroxyl groups is 1. The molecule has 2 atom stereocenters. The molecule has 1 aromatic carbocycles. The first-order chi connectivity index (χ1) is 11.2. The minimum atomic E-state index is -0.345. The second-order valence-corrected chi connectivity index (χ2v) is 5.91. The van der Waals surface area contributed by atoms with E-state index in [-0.39, 0.29) is 24.7 Å². The van der Waals surface area contributed by atoms with Crippen molar-refractivity contribution in [2.75, 3.05) is 6.61 Å². The van der Waals surface area contributed by atoms with Gasteiger partial charge in [0, 0.05) is 6.42 Å². The molecule has 2 N–H and O–H groups in total. The molecule has 0 unspecified atom stereocenters. The maximum absolute atomic E-state index is 12.0. The molecule has 0 saturated carbocycles. The van der Waals surface area contributed by atoms with Crippen molar-refractivity contribution in [3.05, 3.63) is 35.9 Å². The summed E-state index contributed by atoms with van der Waals surface area (Å²) in [6.07, 6.45) is 5.38. The standard InChI is InChI=1S/C19H31NO3/c1-3-5-6-10-13-19(22)20-17(14-21)18(4-2)23-15-16-11-8-7-9-12-16/h7-9,11-12,17-18,21H,3-6,10,13-15H2,1-2H3,(H,20,22)/t17-,18+/m0/s1. The molecule has 0 aliphatic carbocycles. The average molecular weight is 321 g/mol. The first-order valence-electron chi connectivity index (χ1n) is 8.77. The van der Waals surface area contributed by atoms with Crippen LogP contribution in [0.3, 0.4) is 0 Å². The molecule has 0 spiro atoms. The van der Waals surface area contributed by atoms with E-state index < -0.39 is 0 Å². The van der Waals surface area contributed by atoms with Gasteiger partial charge in [0.2, 0.25) is 5.91 Å². The number of carbonyl (C=O) groups excluding carboxylic acids is 1. The monoisotopic (exact) mass is 321 g/mol. The molecule has 0 fully saturated rings. The highest BCUT2D eigenvalue weighted by Crippen LogP contribution is 2.10. The van der Waals surface area contributed by atoms with Crippen molar-refractivity contribution in [2.45, 2.75) is 71.1 Å². The molecule has 0 aliphatic heterocycles. The molecule has 4 nitrogen and oxygen atoms in total. The quantitative estimate of drug-likeness (QED) is 0.580. The Morgan fingerprint density at radius 2 is 1.91 bits per heavy atom. The SMILES string of the molecule is CCCCCCC(=O)N[C@@H](CO)[C@@H](CC)OCc1ccccc1. The Morgan fingerprint density at radius 3 is 2.52 bits per heavy atom. The van der Waals surface area contributed by atoms with E-state index in [0.717, 1.165) is 37.7 Å². The average Bonchev–Trinajstić information content (AvgIpc) is 2.59. The molecule has 0 heterocycles. The molecule has 1 amide bonds. The van der Waals surface area contributed by atoms with Crippen LogP contribution in [0.2, 0.25) is 0 Å². The lowest BCUT2D eigenvalue weighted by atomic mass is 10.1. The first kappa shape index (κ1) is 19.7. The van der Waals surface area contributed by atoms with Crippen molar-refractivity contribution in [1.82, 2.24) is 5.32 Å². The van der Waals surface area contributed by atoms with E-state index in [1.54, 1.807) is 0 Å². The van der Waals surface area contributed by atoms with Crippen LogP contribution < -0.4 is 5.32 Å². The Bertz CT molecular complexity index is 422. The number of rotatable bonds is 12. The van der Waals surface area contributed by atoms with Gasteiger partial charge in [-0.05, 0) is 18.4 Å². The summed E-state index contributed by atoms with van der Waals surface area (Å²) in [6, 6.07) is 9.58. The highest BCUT2D eigenvalue weighted by molar-refractivity contribution is 5.76. The molecule has 0 aliphatic rings. The predicted octanol–water partition coefficient (Wildman–Crippen LogP) is 3.43. The molecule has 1 rings (SSSR count). The summed E-state index contributed by atoms with van der Waals surface area (Å²) in [5.74, 6) is 0.00177. The predicted molar refractivity (Wildman–Crippen MR) is 93.1 cm³/mol. The van der Waals surface area contributed by atoms with Crippen LogP contribution in [0.25, 0.3) is 0 Å². The summed E-state index contributed by atoms with van der Waals surface area (Å²) in [6.45, 7) is 4.54. The second kappa shape index (κ2) is 12.1. The molecule has 0 aromatic heterocycles. The smallest absolute Gasteiger partial charge is 0.220 e. The minimum absolute atomic E-state index is 0.00177. The van der Waals surface area contributed by atoms with Gasteiger partial charge in [-0.25, -0.2) is 0 Å². The van der Waals surface area contributed by atoms with Crippen LogP contribution in [0.5, 0.6) is 0 Å². The zero-order valence-electron chi connectivity index (χ0n) is 14.5. The fourth-order valence-electron chi connectivity index (χ4n) is 2.54.